The molecule has 1 aliphatic rings. The summed E-state index contributed by atoms with van der Waals surface area (Å²) in [5, 5.41) is 9.54. The van der Waals surface area contributed by atoms with Crippen molar-refractivity contribution in [1.82, 2.24) is 20.9 Å². The lowest BCUT2D eigenvalue weighted by Crippen LogP contribution is -2.42. The van der Waals surface area contributed by atoms with Crippen LogP contribution in [0.3, 0.4) is 0 Å². The van der Waals surface area contributed by atoms with Crippen LogP contribution >= 0.6 is 24.0 Å². The first-order valence-corrected chi connectivity index (χ1v) is 10.2. The van der Waals surface area contributed by atoms with Gasteiger partial charge in [-0.2, -0.15) is 0 Å². The van der Waals surface area contributed by atoms with Crippen LogP contribution in [0.15, 0.2) is 53.8 Å². The molecule has 1 fully saturated rings. The molecule has 3 rings (SSSR count). The van der Waals surface area contributed by atoms with Gasteiger partial charge in [0.05, 0.1) is 11.6 Å². The third-order valence-corrected chi connectivity index (χ3v) is 5.04. The molecule has 7 nitrogen and oxygen atoms in total. The number of benzene rings is 1. The van der Waals surface area contributed by atoms with Crippen molar-refractivity contribution < 1.29 is 4.79 Å². The Labute approximate surface area is 195 Å². The van der Waals surface area contributed by atoms with Crippen molar-refractivity contribution in [2.75, 3.05) is 38.1 Å². The summed E-state index contributed by atoms with van der Waals surface area (Å²) >= 11 is 0. The second-order valence-electron chi connectivity index (χ2n) is 7.15. The Bertz CT molecular complexity index is 823. The minimum atomic E-state index is -0.130. The second kappa shape index (κ2) is 12.4. The molecular formula is C22H31IN6O. The average Bonchev–Trinajstić information content (AvgIpc) is 3.31. The van der Waals surface area contributed by atoms with Gasteiger partial charge in [0.1, 0.15) is 0 Å². The molecule has 30 heavy (non-hydrogen) atoms. The zero-order valence-electron chi connectivity index (χ0n) is 17.6. The second-order valence-corrected chi connectivity index (χ2v) is 7.15. The van der Waals surface area contributed by atoms with E-state index in [4.69, 9.17) is 0 Å². The van der Waals surface area contributed by atoms with E-state index in [-0.39, 0.29) is 35.9 Å². The maximum Gasteiger partial charge on any atom is 0.252 e. The van der Waals surface area contributed by atoms with E-state index in [1.807, 2.05) is 0 Å². The Kier molecular flexibility index (Phi) is 9.85. The van der Waals surface area contributed by atoms with Gasteiger partial charge in [0, 0.05) is 51.3 Å². The van der Waals surface area contributed by atoms with Gasteiger partial charge in [-0.25, -0.2) is 0 Å². The van der Waals surface area contributed by atoms with E-state index >= 15 is 0 Å². The van der Waals surface area contributed by atoms with E-state index in [1.165, 1.54) is 24.1 Å². The molecule has 0 bridgehead atoms. The molecule has 0 saturated carbocycles. The molecule has 8 heteroatoms. The number of pyridine rings is 1. The first-order valence-electron chi connectivity index (χ1n) is 10.2. The predicted octanol–water partition coefficient (Wildman–Crippen LogP) is 2.96. The van der Waals surface area contributed by atoms with Gasteiger partial charge < -0.3 is 20.9 Å². The van der Waals surface area contributed by atoms with Crippen molar-refractivity contribution in [3.63, 3.8) is 0 Å². The number of hydrogen-bond donors (Lipinski definition) is 3. The van der Waals surface area contributed by atoms with E-state index in [2.05, 4.69) is 62.0 Å². The number of aromatic nitrogens is 1. The van der Waals surface area contributed by atoms with Crippen molar-refractivity contribution >= 4 is 41.5 Å². The van der Waals surface area contributed by atoms with Gasteiger partial charge in [-0.15, -0.1) is 24.0 Å². The number of nitrogens with one attached hydrogen (secondary N) is 3. The van der Waals surface area contributed by atoms with Crippen LogP contribution in [0.2, 0.25) is 0 Å². The van der Waals surface area contributed by atoms with E-state index in [9.17, 15) is 4.79 Å². The number of aliphatic imine (C=N–C) groups is 1. The number of nitrogens with zero attached hydrogens (tertiary/aromatic N) is 3. The molecule has 3 N–H and O–H groups in total. The maximum absolute atomic E-state index is 12.0. The highest BCUT2D eigenvalue weighted by Gasteiger charge is 2.14. The number of hydrogen-bond acceptors (Lipinski definition) is 4. The fraction of sp³-hybridized carbons (Fsp3) is 0.409. The van der Waals surface area contributed by atoms with Crippen LogP contribution in [-0.4, -0.2) is 50.1 Å². The summed E-state index contributed by atoms with van der Waals surface area (Å²) in [5.41, 5.74) is 3.07. The van der Waals surface area contributed by atoms with Crippen LogP contribution in [0.4, 0.5) is 5.69 Å². The lowest BCUT2D eigenvalue weighted by Gasteiger charge is -2.22. The number of amides is 1. The van der Waals surface area contributed by atoms with Crippen LogP contribution < -0.4 is 20.9 Å². The molecule has 2 heterocycles. The molecule has 2 aromatic rings. The van der Waals surface area contributed by atoms with Gasteiger partial charge in [-0.3, -0.25) is 14.8 Å². The Morgan fingerprint density at radius 1 is 1.17 bits per heavy atom. The highest BCUT2D eigenvalue weighted by Crippen LogP contribution is 2.23. The topological polar surface area (TPSA) is 81.6 Å². The van der Waals surface area contributed by atoms with Gasteiger partial charge >= 0.3 is 0 Å². The minimum Gasteiger partial charge on any atom is -0.372 e. The van der Waals surface area contributed by atoms with E-state index in [0.29, 0.717) is 24.6 Å². The van der Waals surface area contributed by atoms with Gasteiger partial charge in [0.15, 0.2) is 5.96 Å². The first kappa shape index (κ1) is 23.9. The highest BCUT2D eigenvalue weighted by molar-refractivity contribution is 14.0. The molecular weight excluding hydrogens is 491 g/mol. The van der Waals surface area contributed by atoms with Gasteiger partial charge in [0.2, 0.25) is 0 Å². The summed E-state index contributed by atoms with van der Waals surface area (Å²) in [7, 11) is 1.75. The van der Waals surface area contributed by atoms with Crippen LogP contribution in [0.1, 0.15) is 41.7 Å². The molecule has 1 aromatic carbocycles. The predicted molar refractivity (Wildman–Crippen MR) is 133 cm³/mol. The molecule has 1 amide bonds. The molecule has 1 atom stereocenters. The molecule has 162 valence electrons. The molecule has 0 spiro atoms. The molecule has 1 unspecified atom stereocenters. The third-order valence-electron chi connectivity index (χ3n) is 5.04. The normalized spacial score (nSPS) is 14.6. The Balaban J connectivity index is 0.00000320. The number of halogens is 1. The number of anilines is 1. The fourth-order valence-electron chi connectivity index (χ4n) is 3.41. The number of guanidine groups is 1. The SMILES string of the molecule is CN=C(NCCNC(=O)c1cccnc1)NC(C)c1cccc(N2CCCC2)c1.I. The fourth-order valence-corrected chi connectivity index (χ4v) is 3.41. The van der Waals surface area contributed by atoms with Crippen molar-refractivity contribution in [1.29, 1.82) is 0 Å². The van der Waals surface area contributed by atoms with Gasteiger partial charge in [-0.1, -0.05) is 12.1 Å². The van der Waals surface area contributed by atoms with Crippen molar-refractivity contribution in [2.24, 2.45) is 4.99 Å². The zero-order valence-corrected chi connectivity index (χ0v) is 19.9. The number of carbonyl (C=O) groups excluding carboxylic acids is 1. The van der Waals surface area contributed by atoms with Crippen LogP contribution in [0, 0.1) is 0 Å². The van der Waals surface area contributed by atoms with Crippen molar-refractivity contribution in [3.8, 4) is 0 Å². The molecule has 1 saturated heterocycles. The molecule has 0 aliphatic carbocycles. The van der Waals surface area contributed by atoms with E-state index < -0.39 is 0 Å². The average molecular weight is 522 g/mol. The molecule has 0 radical (unpaired) electrons. The van der Waals surface area contributed by atoms with E-state index in [0.717, 1.165) is 13.1 Å². The third kappa shape index (κ3) is 6.86. The lowest BCUT2D eigenvalue weighted by molar-refractivity contribution is 0.0954. The summed E-state index contributed by atoms with van der Waals surface area (Å²) in [5.74, 6) is 0.578. The molecule has 1 aromatic heterocycles. The quantitative estimate of drug-likeness (QED) is 0.226. The summed E-state index contributed by atoms with van der Waals surface area (Å²) in [6, 6.07) is 12.3. The molecule has 1 aliphatic heterocycles. The largest absolute Gasteiger partial charge is 0.372 e. The van der Waals surface area contributed by atoms with Crippen LogP contribution in [0.25, 0.3) is 0 Å². The monoisotopic (exact) mass is 522 g/mol. The highest BCUT2D eigenvalue weighted by atomic mass is 127. The first-order chi connectivity index (χ1) is 14.2. The number of rotatable bonds is 7. The van der Waals surface area contributed by atoms with Gasteiger partial charge in [-0.05, 0) is 49.6 Å². The van der Waals surface area contributed by atoms with Crippen molar-refractivity contribution in [3.05, 3.63) is 59.9 Å². The van der Waals surface area contributed by atoms with Crippen LogP contribution in [0.5, 0.6) is 0 Å². The van der Waals surface area contributed by atoms with Crippen molar-refractivity contribution in [2.45, 2.75) is 25.8 Å². The Hall–Kier alpha value is -2.36. The number of carbonyl (C=O) groups is 1. The smallest absolute Gasteiger partial charge is 0.252 e. The lowest BCUT2D eigenvalue weighted by atomic mass is 10.1. The summed E-state index contributed by atoms with van der Waals surface area (Å²) in [6.45, 7) is 5.47. The van der Waals surface area contributed by atoms with Crippen LogP contribution in [-0.2, 0) is 0 Å². The summed E-state index contributed by atoms with van der Waals surface area (Å²) in [6.07, 6.45) is 5.75. The van der Waals surface area contributed by atoms with E-state index in [1.54, 1.807) is 31.6 Å². The maximum atomic E-state index is 12.0. The Morgan fingerprint density at radius 3 is 2.63 bits per heavy atom. The Morgan fingerprint density at radius 2 is 1.93 bits per heavy atom. The zero-order chi connectivity index (χ0) is 20.5. The van der Waals surface area contributed by atoms with Gasteiger partial charge in [0.25, 0.3) is 5.91 Å². The minimum absolute atomic E-state index is 0. The summed E-state index contributed by atoms with van der Waals surface area (Å²) < 4.78 is 0. The summed E-state index contributed by atoms with van der Waals surface area (Å²) in [4.78, 5) is 22.7. The standard InChI is InChI=1S/C22H30N6O.HI/c1-17(18-7-5-9-20(15-18)28-13-3-4-14-28)27-22(23-2)26-12-11-25-21(29)19-8-6-10-24-16-19;/h5-10,15-17H,3-4,11-14H2,1-2H3,(H,25,29)(H2,23,26,27);1H.